The lowest BCUT2D eigenvalue weighted by Gasteiger charge is -2.20. The van der Waals surface area contributed by atoms with Gasteiger partial charge in [-0.25, -0.2) is 0 Å². The third-order valence-electron chi connectivity index (χ3n) is 2.18. The maximum absolute atomic E-state index is 10.4. The molecule has 0 aromatic carbocycles. The number of aliphatic hydroxyl groups excluding tert-OH is 1. The molecule has 0 atom stereocenters. The molecular weight excluding hydrogens is 228 g/mol. The van der Waals surface area contributed by atoms with Gasteiger partial charge in [0.05, 0.1) is 19.4 Å². The molecule has 0 saturated carbocycles. The fourth-order valence-electron chi connectivity index (χ4n) is 1.29. The first-order valence-corrected chi connectivity index (χ1v) is 5.53. The Kier molecular flexibility index (Phi) is 9.31. The highest BCUT2D eigenvalue weighted by Gasteiger charge is 2.06. The number of nitrogens with one attached hydrogen (secondary N) is 1. The van der Waals surface area contributed by atoms with Gasteiger partial charge < -0.3 is 20.6 Å². The number of carbonyl (C=O) groups is 2. The zero-order valence-electron chi connectivity index (χ0n) is 9.76. The van der Waals surface area contributed by atoms with Crippen LogP contribution >= 0.6 is 0 Å². The highest BCUT2D eigenvalue weighted by molar-refractivity contribution is 5.67. The average Bonchev–Trinajstić information content (AvgIpc) is 2.24. The largest absolute Gasteiger partial charge is 0.481 e. The lowest BCUT2D eigenvalue weighted by molar-refractivity contribution is -0.138. The Morgan fingerprint density at radius 3 is 2.12 bits per heavy atom. The normalized spacial score (nSPS) is 10.7. The van der Waals surface area contributed by atoms with Gasteiger partial charge in [0.2, 0.25) is 0 Å². The van der Waals surface area contributed by atoms with E-state index >= 15 is 0 Å². The van der Waals surface area contributed by atoms with E-state index in [0.717, 1.165) is 0 Å². The number of rotatable bonds is 11. The quantitative estimate of drug-likeness (QED) is 0.341. The Balaban J connectivity index is 3.61. The van der Waals surface area contributed by atoms with E-state index < -0.39 is 11.9 Å². The number of aliphatic hydroxyl groups is 1. The molecule has 7 heteroatoms. The zero-order chi connectivity index (χ0) is 13.1. The van der Waals surface area contributed by atoms with Crippen LogP contribution in [0.25, 0.3) is 0 Å². The second-order valence-corrected chi connectivity index (χ2v) is 3.60. The Hall–Kier alpha value is -1.18. The van der Waals surface area contributed by atoms with Gasteiger partial charge in [-0.3, -0.25) is 14.5 Å². The minimum Gasteiger partial charge on any atom is -0.481 e. The number of aliphatic carboxylic acids is 2. The van der Waals surface area contributed by atoms with Crippen molar-refractivity contribution in [1.29, 1.82) is 0 Å². The first kappa shape index (κ1) is 15.8. The summed E-state index contributed by atoms with van der Waals surface area (Å²) in [5.41, 5.74) is 0. The lowest BCUT2D eigenvalue weighted by atomic mass is 10.3. The van der Waals surface area contributed by atoms with Crippen molar-refractivity contribution in [1.82, 2.24) is 10.2 Å². The molecule has 4 N–H and O–H groups in total. The van der Waals surface area contributed by atoms with E-state index in [0.29, 0.717) is 32.7 Å². The Morgan fingerprint density at radius 2 is 1.59 bits per heavy atom. The molecule has 0 unspecified atom stereocenters. The summed E-state index contributed by atoms with van der Waals surface area (Å²) < 4.78 is 0. The van der Waals surface area contributed by atoms with Gasteiger partial charge in [0.1, 0.15) is 0 Å². The van der Waals surface area contributed by atoms with Gasteiger partial charge in [-0.2, -0.15) is 0 Å². The fraction of sp³-hybridized carbons (Fsp3) is 0.800. The van der Waals surface area contributed by atoms with Crippen molar-refractivity contribution < 1.29 is 24.9 Å². The zero-order valence-corrected chi connectivity index (χ0v) is 9.76. The molecule has 0 radical (unpaired) electrons. The highest BCUT2D eigenvalue weighted by Crippen LogP contribution is 1.91. The molecule has 0 aromatic heterocycles. The van der Waals surface area contributed by atoms with E-state index in [4.69, 9.17) is 15.3 Å². The summed E-state index contributed by atoms with van der Waals surface area (Å²) in [6, 6.07) is 0. The standard InChI is InChI=1S/C10H20N2O5/c13-8-7-12(5-2-10(16)17)6-4-11-3-1-9(14)15/h11,13H,1-8H2,(H,14,15)(H,16,17). The molecule has 7 nitrogen and oxygen atoms in total. The SMILES string of the molecule is O=C(O)CCNCCN(CCO)CCC(=O)O. The number of carboxylic acid groups (broad SMARTS) is 2. The molecule has 0 spiro atoms. The van der Waals surface area contributed by atoms with Crippen LogP contribution < -0.4 is 5.32 Å². The van der Waals surface area contributed by atoms with Crippen molar-refractivity contribution in [2.24, 2.45) is 0 Å². The molecular formula is C10H20N2O5. The maximum Gasteiger partial charge on any atom is 0.304 e. The van der Waals surface area contributed by atoms with Crippen LogP contribution in [0.15, 0.2) is 0 Å². The van der Waals surface area contributed by atoms with Crippen molar-refractivity contribution in [3.05, 3.63) is 0 Å². The summed E-state index contributed by atoms with van der Waals surface area (Å²) in [7, 11) is 0. The summed E-state index contributed by atoms with van der Waals surface area (Å²) >= 11 is 0. The van der Waals surface area contributed by atoms with Crippen molar-refractivity contribution >= 4 is 11.9 Å². The Morgan fingerprint density at radius 1 is 0.941 bits per heavy atom. The van der Waals surface area contributed by atoms with E-state index in [-0.39, 0.29) is 19.4 Å². The van der Waals surface area contributed by atoms with Crippen molar-refractivity contribution in [3.8, 4) is 0 Å². The van der Waals surface area contributed by atoms with Crippen LogP contribution in [0, 0.1) is 0 Å². The third kappa shape index (κ3) is 11.1. The highest BCUT2D eigenvalue weighted by atomic mass is 16.4. The van der Waals surface area contributed by atoms with E-state index in [2.05, 4.69) is 5.32 Å². The van der Waals surface area contributed by atoms with Gasteiger partial charge in [-0.05, 0) is 0 Å². The van der Waals surface area contributed by atoms with Crippen LogP contribution in [-0.2, 0) is 9.59 Å². The molecule has 17 heavy (non-hydrogen) atoms. The average molecular weight is 248 g/mol. The summed E-state index contributed by atoms with van der Waals surface area (Å²) in [6.07, 6.45) is 0.101. The van der Waals surface area contributed by atoms with E-state index in [1.807, 2.05) is 4.90 Å². The second kappa shape index (κ2) is 10.0. The summed E-state index contributed by atoms with van der Waals surface area (Å²) in [5, 5.41) is 28.7. The van der Waals surface area contributed by atoms with Crippen LogP contribution in [0.4, 0.5) is 0 Å². The smallest absolute Gasteiger partial charge is 0.304 e. The molecule has 0 bridgehead atoms. The number of carboxylic acids is 2. The van der Waals surface area contributed by atoms with Gasteiger partial charge in [0.15, 0.2) is 0 Å². The molecule has 0 aliphatic heterocycles. The van der Waals surface area contributed by atoms with Gasteiger partial charge >= 0.3 is 11.9 Å². The minimum atomic E-state index is -0.869. The molecule has 0 saturated heterocycles. The molecule has 100 valence electrons. The molecule has 0 aliphatic carbocycles. The topological polar surface area (TPSA) is 110 Å². The van der Waals surface area contributed by atoms with Crippen LogP contribution in [-0.4, -0.2) is 71.5 Å². The van der Waals surface area contributed by atoms with Gasteiger partial charge in [0.25, 0.3) is 0 Å². The van der Waals surface area contributed by atoms with Crippen molar-refractivity contribution in [2.75, 3.05) is 39.3 Å². The van der Waals surface area contributed by atoms with Gasteiger partial charge in [-0.15, -0.1) is 0 Å². The molecule has 0 fully saturated rings. The van der Waals surface area contributed by atoms with Gasteiger partial charge in [-0.1, -0.05) is 0 Å². The Bertz CT molecular complexity index is 235. The van der Waals surface area contributed by atoms with Crippen LogP contribution in [0.5, 0.6) is 0 Å². The first-order valence-electron chi connectivity index (χ1n) is 5.53. The maximum atomic E-state index is 10.4. The van der Waals surface area contributed by atoms with E-state index in [1.54, 1.807) is 0 Å². The molecule has 0 rings (SSSR count). The molecule has 0 aliphatic rings. The summed E-state index contributed by atoms with van der Waals surface area (Å²) in [6.45, 7) is 2.35. The van der Waals surface area contributed by atoms with Gasteiger partial charge in [0, 0.05) is 32.7 Å². The van der Waals surface area contributed by atoms with Crippen LogP contribution in [0.1, 0.15) is 12.8 Å². The number of nitrogens with zero attached hydrogens (tertiary/aromatic N) is 1. The van der Waals surface area contributed by atoms with Crippen LogP contribution in [0.3, 0.4) is 0 Å². The van der Waals surface area contributed by atoms with Crippen LogP contribution in [0.2, 0.25) is 0 Å². The second-order valence-electron chi connectivity index (χ2n) is 3.60. The minimum absolute atomic E-state index is 0.0191. The third-order valence-corrected chi connectivity index (χ3v) is 2.18. The van der Waals surface area contributed by atoms with Crippen molar-refractivity contribution in [3.63, 3.8) is 0 Å². The number of hydrogen-bond acceptors (Lipinski definition) is 5. The molecule has 0 aromatic rings. The predicted molar refractivity (Wildman–Crippen MR) is 60.9 cm³/mol. The van der Waals surface area contributed by atoms with Crippen molar-refractivity contribution in [2.45, 2.75) is 12.8 Å². The monoisotopic (exact) mass is 248 g/mol. The predicted octanol–water partition coefficient (Wildman–Crippen LogP) is -1.18. The fourth-order valence-corrected chi connectivity index (χ4v) is 1.29. The van der Waals surface area contributed by atoms with E-state index in [9.17, 15) is 9.59 Å². The first-order chi connectivity index (χ1) is 8.06. The number of hydrogen-bond donors (Lipinski definition) is 4. The lowest BCUT2D eigenvalue weighted by Crippen LogP contribution is -2.36. The van der Waals surface area contributed by atoms with E-state index in [1.165, 1.54) is 0 Å². The molecule has 0 heterocycles. The Labute approximate surface area is 100 Å². The summed E-state index contributed by atoms with van der Waals surface area (Å²) in [4.78, 5) is 22.4. The summed E-state index contributed by atoms with van der Waals surface area (Å²) in [5.74, 6) is -1.72. The molecule has 0 amide bonds.